The van der Waals surface area contributed by atoms with E-state index in [-0.39, 0.29) is 17.8 Å². The van der Waals surface area contributed by atoms with E-state index in [0.29, 0.717) is 13.1 Å². The molecule has 0 aliphatic heterocycles. The van der Waals surface area contributed by atoms with Crippen molar-refractivity contribution in [3.63, 3.8) is 0 Å². The van der Waals surface area contributed by atoms with Gasteiger partial charge in [0.25, 0.3) is 5.56 Å². The minimum atomic E-state index is -0.269. The molecule has 0 aliphatic rings. The van der Waals surface area contributed by atoms with E-state index in [4.69, 9.17) is 5.73 Å². The number of hydrogen-bond donors (Lipinski definition) is 1. The molecule has 2 N–H and O–H groups in total. The van der Waals surface area contributed by atoms with Gasteiger partial charge in [0.2, 0.25) is 0 Å². The van der Waals surface area contributed by atoms with Crippen LogP contribution < -0.4 is 17.0 Å². The van der Waals surface area contributed by atoms with E-state index in [9.17, 15) is 9.59 Å². The molecule has 1 heterocycles. The van der Waals surface area contributed by atoms with Crippen LogP contribution in [-0.4, -0.2) is 15.7 Å². The predicted octanol–water partition coefficient (Wildman–Crippen LogP) is 1.33. The summed E-state index contributed by atoms with van der Waals surface area (Å²) in [6.07, 6.45) is 8.69. The summed E-state index contributed by atoms with van der Waals surface area (Å²) in [5.74, 6) is 0. The molecule has 0 aromatic carbocycles. The van der Waals surface area contributed by atoms with Crippen LogP contribution in [0.4, 0.5) is 0 Å². The molecule has 5 heteroatoms. The van der Waals surface area contributed by atoms with Crippen molar-refractivity contribution in [2.75, 3.05) is 6.54 Å². The van der Waals surface area contributed by atoms with Crippen LogP contribution in [0.2, 0.25) is 0 Å². The largest absolute Gasteiger partial charge is 0.331 e. The summed E-state index contributed by atoms with van der Waals surface area (Å²) < 4.78 is 2.81. The van der Waals surface area contributed by atoms with E-state index in [1.165, 1.54) is 36.3 Å². The zero-order valence-corrected chi connectivity index (χ0v) is 11.8. The van der Waals surface area contributed by atoms with Gasteiger partial charge >= 0.3 is 5.69 Å². The first-order chi connectivity index (χ1) is 9.20. The highest BCUT2D eigenvalue weighted by Crippen LogP contribution is 2.05. The Morgan fingerprint density at radius 2 is 1.74 bits per heavy atom. The predicted molar refractivity (Wildman–Crippen MR) is 77.4 cm³/mol. The Labute approximate surface area is 114 Å². The second-order valence-corrected chi connectivity index (χ2v) is 4.84. The molecule has 0 atom stereocenters. The molecule has 0 saturated heterocycles. The third-order valence-corrected chi connectivity index (χ3v) is 3.24. The SMILES string of the molecule is CCCCCCCCn1ccc(=O)n(CCN)c1=O. The van der Waals surface area contributed by atoms with Crippen LogP contribution in [-0.2, 0) is 13.1 Å². The summed E-state index contributed by atoms with van der Waals surface area (Å²) in [5, 5.41) is 0. The van der Waals surface area contributed by atoms with Gasteiger partial charge in [-0.15, -0.1) is 0 Å². The third-order valence-electron chi connectivity index (χ3n) is 3.24. The van der Waals surface area contributed by atoms with E-state index in [2.05, 4.69) is 6.92 Å². The van der Waals surface area contributed by atoms with Crippen molar-refractivity contribution >= 4 is 0 Å². The minimum absolute atomic E-state index is 0.244. The Bertz CT molecular complexity index is 476. The first kappa shape index (κ1) is 15.7. The number of aromatic nitrogens is 2. The molecule has 0 saturated carbocycles. The molecule has 0 radical (unpaired) electrons. The van der Waals surface area contributed by atoms with Gasteiger partial charge in [0.15, 0.2) is 0 Å². The van der Waals surface area contributed by atoms with Gasteiger partial charge in [0.1, 0.15) is 0 Å². The molecule has 1 aromatic rings. The van der Waals surface area contributed by atoms with Crippen LogP contribution >= 0.6 is 0 Å². The lowest BCUT2D eigenvalue weighted by atomic mass is 10.1. The first-order valence-electron chi connectivity index (χ1n) is 7.21. The van der Waals surface area contributed by atoms with Crippen LogP contribution in [0.5, 0.6) is 0 Å². The zero-order valence-electron chi connectivity index (χ0n) is 11.8. The fraction of sp³-hybridized carbons (Fsp3) is 0.714. The Balaban J connectivity index is 2.52. The number of rotatable bonds is 9. The molecule has 1 aromatic heterocycles. The van der Waals surface area contributed by atoms with Crippen LogP contribution in [0, 0.1) is 0 Å². The normalized spacial score (nSPS) is 10.8. The summed E-state index contributed by atoms with van der Waals surface area (Å²) >= 11 is 0. The van der Waals surface area contributed by atoms with Crippen molar-refractivity contribution in [3.8, 4) is 0 Å². The van der Waals surface area contributed by atoms with Gasteiger partial charge in [0, 0.05) is 31.9 Å². The van der Waals surface area contributed by atoms with Gasteiger partial charge in [-0.05, 0) is 6.42 Å². The molecule has 0 spiro atoms. The topological polar surface area (TPSA) is 70.0 Å². The molecule has 1 rings (SSSR count). The Kier molecular flexibility index (Phi) is 7.18. The second kappa shape index (κ2) is 8.69. The maximum absolute atomic E-state index is 12.0. The number of aryl methyl sites for hydroxylation is 1. The molecule has 5 nitrogen and oxygen atoms in total. The lowest BCUT2D eigenvalue weighted by molar-refractivity contribution is 0.512. The van der Waals surface area contributed by atoms with Gasteiger partial charge in [-0.2, -0.15) is 0 Å². The van der Waals surface area contributed by atoms with Crippen LogP contribution in [0.1, 0.15) is 45.4 Å². The van der Waals surface area contributed by atoms with Crippen LogP contribution in [0.25, 0.3) is 0 Å². The minimum Gasteiger partial charge on any atom is -0.329 e. The molecular formula is C14H25N3O2. The number of hydrogen-bond acceptors (Lipinski definition) is 3. The fourth-order valence-corrected chi connectivity index (χ4v) is 2.12. The van der Waals surface area contributed by atoms with Crippen molar-refractivity contribution in [2.45, 2.75) is 58.5 Å². The number of unbranched alkanes of at least 4 members (excludes halogenated alkanes) is 5. The van der Waals surface area contributed by atoms with Crippen molar-refractivity contribution in [2.24, 2.45) is 5.73 Å². The first-order valence-corrected chi connectivity index (χ1v) is 7.21. The molecule has 0 fully saturated rings. The third kappa shape index (κ3) is 5.03. The molecule has 108 valence electrons. The van der Waals surface area contributed by atoms with Crippen molar-refractivity contribution in [1.29, 1.82) is 0 Å². The second-order valence-electron chi connectivity index (χ2n) is 4.84. The monoisotopic (exact) mass is 267 g/mol. The lowest BCUT2D eigenvalue weighted by Crippen LogP contribution is -2.40. The van der Waals surface area contributed by atoms with Gasteiger partial charge in [-0.1, -0.05) is 39.0 Å². The van der Waals surface area contributed by atoms with Crippen LogP contribution in [0.15, 0.2) is 21.9 Å². The molecular weight excluding hydrogens is 242 g/mol. The Morgan fingerprint density at radius 3 is 2.42 bits per heavy atom. The van der Waals surface area contributed by atoms with E-state index >= 15 is 0 Å². The summed E-state index contributed by atoms with van der Waals surface area (Å²) in [7, 11) is 0. The zero-order chi connectivity index (χ0) is 14.1. The van der Waals surface area contributed by atoms with E-state index in [0.717, 1.165) is 12.8 Å². The van der Waals surface area contributed by atoms with E-state index in [1.54, 1.807) is 10.8 Å². The lowest BCUT2D eigenvalue weighted by Gasteiger charge is -2.08. The van der Waals surface area contributed by atoms with Gasteiger partial charge in [-0.25, -0.2) is 4.79 Å². The summed E-state index contributed by atoms with van der Waals surface area (Å²) in [6, 6.07) is 1.44. The number of nitrogens with two attached hydrogens (primary N) is 1. The maximum atomic E-state index is 12.0. The summed E-state index contributed by atoms with van der Waals surface area (Å²) in [5.41, 5.74) is 4.90. The number of nitrogens with zero attached hydrogens (tertiary/aromatic N) is 2. The fourth-order valence-electron chi connectivity index (χ4n) is 2.12. The highest BCUT2D eigenvalue weighted by molar-refractivity contribution is 4.86. The summed E-state index contributed by atoms with van der Waals surface area (Å²) in [6.45, 7) is 3.46. The van der Waals surface area contributed by atoms with E-state index < -0.39 is 0 Å². The average molecular weight is 267 g/mol. The smallest absolute Gasteiger partial charge is 0.329 e. The quantitative estimate of drug-likeness (QED) is 0.686. The van der Waals surface area contributed by atoms with Crippen molar-refractivity contribution in [1.82, 2.24) is 9.13 Å². The van der Waals surface area contributed by atoms with Gasteiger partial charge in [-0.3, -0.25) is 9.36 Å². The van der Waals surface area contributed by atoms with Crippen molar-refractivity contribution in [3.05, 3.63) is 33.1 Å². The Morgan fingerprint density at radius 1 is 1.05 bits per heavy atom. The van der Waals surface area contributed by atoms with Gasteiger partial charge < -0.3 is 10.3 Å². The summed E-state index contributed by atoms with van der Waals surface area (Å²) in [4.78, 5) is 23.5. The molecule has 19 heavy (non-hydrogen) atoms. The molecule has 0 unspecified atom stereocenters. The molecule has 0 aliphatic carbocycles. The standard InChI is InChI=1S/C14H25N3O2/c1-2-3-4-5-6-7-10-16-11-8-13(18)17(12-9-15)14(16)19/h8,11H,2-7,9-10,12,15H2,1H3. The molecule has 0 amide bonds. The Hall–Kier alpha value is -1.36. The van der Waals surface area contributed by atoms with Crippen molar-refractivity contribution < 1.29 is 0 Å². The maximum Gasteiger partial charge on any atom is 0.331 e. The van der Waals surface area contributed by atoms with Gasteiger partial charge in [0.05, 0.1) is 0 Å². The van der Waals surface area contributed by atoms with E-state index in [1.807, 2.05) is 0 Å². The average Bonchev–Trinajstić information content (AvgIpc) is 2.41. The van der Waals surface area contributed by atoms with Crippen LogP contribution in [0.3, 0.4) is 0 Å². The highest BCUT2D eigenvalue weighted by atomic mass is 16.2. The molecule has 0 bridgehead atoms. The highest BCUT2D eigenvalue weighted by Gasteiger charge is 2.03.